The second kappa shape index (κ2) is 6.66. The summed E-state index contributed by atoms with van der Waals surface area (Å²) in [6, 6.07) is 2.32. The number of aromatic nitrogens is 2. The van der Waals surface area contributed by atoms with Crippen molar-refractivity contribution in [2.24, 2.45) is 5.73 Å². The lowest BCUT2D eigenvalue weighted by atomic mass is 10.1. The first-order valence-electron chi connectivity index (χ1n) is 6.01. The van der Waals surface area contributed by atoms with Gasteiger partial charge in [0.2, 0.25) is 0 Å². The quantitative estimate of drug-likeness (QED) is 0.762. The highest BCUT2D eigenvalue weighted by Crippen LogP contribution is 2.09. The van der Waals surface area contributed by atoms with E-state index in [0.717, 1.165) is 38.1 Å². The van der Waals surface area contributed by atoms with E-state index in [4.69, 9.17) is 10.5 Å². The van der Waals surface area contributed by atoms with Crippen LogP contribution in [-0.4, -0.2) is 29.5 Å². The van der Waals surface area contributed by atoms with Crippen molar-refractivity contribution in [2.45, 2.75) is 45.7 Å². The molecule has 92 valence electrons. The topological polar surface area (TPSA) is 53.1 Å². The van der Waals surface area contributed by atoms with Gasteiger partial charge in [-0.2, -0.15) is 5.10 Å². The molecule has 1 heterocycles. The molecule has 0 bridgehead atoms. The third-order valence-electron chi connectivity index (χ3n) is 2.74. The fourth-order valence-electron chi connectivity index (χ4n) is 1.77. The van der Waals surface area contributed by atoms with Crippen LogP contribution in [0.25, 0.3) is 0 Å². The van der Waals surface area contributed by atoms with Gasteiger partial charge >= 0.3 is 0 Å². The molecule has 0 aliphatic carbocycles. The van der Waals surface area contributed by atoms with E-state index in [2.05, 4.69) is 25.0 Å². The van der Waals surface area contributed by atoms with Crippen LogP contribution in [0.5, 0.6) is 0 Å². The number of hydrogen-bond donors (Lipinski definition) is 1. The van der Waals surface area contributed by atoms with E-state index >= 15 is 0 Å². The summed E-state index contributed by atoms with van der Waals surface area (Å²) in [4.78, 5) is 0. The van der Waals surface area contributed by atoms with Crippen molar-refractivity contribution in [2.75, 3.05) is 13.7 Å². The summed E-state index contributed by atoms with van der Waals surface area (Å²) in [5.41, 5.74) is 8.43. The number of aryl methyl sites for hydroxylation is 2. The van der Waals surface area contributed by atoms with E-state index in [1.165, 1.54) is 5.69 Å². The van der Waals surface area contributed by atoms with E-state index in [0.29, 0.717) is 0 Å². The molecule has 16 heavy (non-hydrogen) atoms. The monoisotopic (exact) mass is 225 g/mol. The molecule has 1 rings (SSSR count). The van der Waals surface area contributed by atoms with Gasteiger partial charge in [-0.3, -0.25) is 4.68 Å². The smallest absolute Gasteiger partial charge is 0.0624 e. The Bertz CT molecular complexity index is 309. The maximum atomic E-state index is 6.04. The van der Waals surface area contributed by atoms with Crippen LogP contribution in [0.2, 0.25) is 0 Å². The van der Waals surface area contributed by atoms with Crippen molar-refractivity contribution in [3.63, 3.8) is 0 Å². The molecule has 0 aliphatic heterocycles. The van der Waals surface area contributed by atoms with Gasteiger partial charge in [0.05, 0.1) is 5.69 Å². The first-order chi connectivity index (χ1) is 7.71. The summed E-state index contributed by atoms with van der Waals surface area (Å²) in [6.07, 6.45) is 2.75. The van der Waals surface area contributed by atoms with Crippen molar-refractivity contribution >= 4 is 0 Å². The molecule has 4 heteroatoms. The van der Waals surface area contributed by atoms with Crippen LogP contribution in [0.3, 0.4) is 0 Å². The van der Waals surface area contributed by atoms with Gasteiger partial charge in [0.1, 0.15) is 0 Å². The molecule has 0 radical (unpaired) electrons. The Morgan fingerprint density at radius 1 is 1.50 bits per heavy atom. The first-order valence-corrected chi connectivity index (χ1v) is 6.01. The number of ether oxygens (including phenoxy) is 1. The molecule has 0 fully saturated rings. The standard InChI is InChI=1S/C12H23N3O/c1-4-11-9-12(15(5-2)14-11)8-10(13)6-7-16-3/h9-10H,4-8,13H2,1-3H3. The normalized spacial score (nSPS) is 13.0. The highest BCUT2D eigenvalue weighted by atomic mass is 16.5. The Labute approximate surface area is 97.8 Å². The van der Waals surface area contributed by atoms with Gasteiger partial charge in [-0.05, 0) is 25.8 Å². The molecule has 0 aliphatic rings. The van der Waals surface area contributed by atoms with Crippen LogP contribution in [-0.2, 0) is 24.1 Å². The Morgan fingerprint density at radius 2 is 2.25 bits per heavy atom. The van der Waals surface area contributed by atoms with Gasteiger partial charge < -0.3 is 10.5 Å². The van der Waals surface area contributed by atoms with Crippen LogP contribution < -0.4 is 5.73 Å². The largest absolute Gasteiger partial charge is 0.385 e. The van der Waals surface area contributed by atoms with Crippen molar-refractivity contribution < 1.29 is 4.74 Å². The van der Waals surface area contributed by atoms with E-state index in [1.54, 1.807) is 7.11 Å². The van der Waals surface area contributed by atoms with Gasteiger partial charge in [0.25, 0.3) is 0 Å². The number of nitrogens with zero attached hydrogens (tertiary/aromatic N) is 2. The summed E-state index contributed by atoms with van der Waals surface area (Å²) < 4.78 is 7.08. The van der Waals surface area contributed by atoms with Crippen LogP contribution >= 0.6 is 0 Å². The highest BCUT2D eigenvalue weighted by molar-refractivity contribution is 5.11. The molecule has 1 aromatic heterocycles. The summed E-state index contributed by atoms with van der Waals surface area (Å²) in [5.74, 6) is 0. The molecule has 1 unspecified atom stereocenters. The summed E-state index contributed by atoms with van der Waals surface area (Å²) in [7, 11) is 1.71. The van der Waals surface area contributed by atoms with Crippen molar-refractivity contribution in [3.8, 4) is 0 Å². The lowest BCUT2D eigenvalue weighted by Gasteiger charge is -2.11. The van der Waals surface area contributed by atoms with Gasteiger partial charge in [-0.25, -0.2) is 0 Å². The molecule has 0 aromatic carbocycles. The molecule has 2 N–H and O–H groups in total. The maximum absolute atomic E-state index is 6.04. The predicted octanol–water partition coefficient (Wildman–Crippen LogP) is 1.37. The van der Waals surface area contributed by atoms with E-state index in [9.17, 15) is 0 Å². The van der Waals surface area contributed by atoms with Crippen LogP contribution in [0.4, 0.5) is 0 Å². The Morgan fingerprint density at radius 3 is 2.81 bits per heavy atom. The zero-order chi connectivity index (χ0) is 12.0. The number of nitrogens with two attached hydrogens (primary N) is 1. The molecule has 1 aromatic rings. The number of hydrogen-bond acceptors (Lipinski definition) is 3. The van der Waals surface area contributed by atoms with Gasteiger partial charge in [0.15, 0.2) is 0 Å². The number of methoxy groups -OCH3 is 1. The minimum Gasteiger partial charge on any atom is -0.385 e. The van der Waals surface area contributed by atoms with E-state index in [-0.39, 0.29) is 6.04 Å². The van der Waals surface area contributed by atoms with E-state index in [1.807, 2.05) is 4.68 Å². The Hall–Kier alpha value is -0.870. The zero-order valence-corrected chi connectivity index (χ0v) is 10.6. The lowest BCUT2D eigenvalue weighted by Crippen LogP contribution is -2.25. The van der Waals surface area contributed by atoms with Gasteiger partial charge in [0, 0.05) is 38.4 Å². The SMILES string of the molecule is CCc1cc(CC(N)CCOC)n(CC)n1. The fourth-order valence-corrected chi connectivity index (χ4v) is 1.77. The van der Waals surface area contributed by atoms with Crippen molar-refractivity contribution in [1.29, 1.82) is 0 Å². The number of rotatable bonds is 7. The third-order valence-corrected chi connectivity index (χ3v) is 2.74. The molecular formula is C12H23N3O. The molecule has 1 atom stereocenters. The second-order valence-corrected chi connectivity index (χ2v) is 4.04. The van der Waals surface area contributed by atoms with Crippen molar-refractivity contribution in [3.05, 3.63) is 17.5 Å². The molecule has 0 spiro atoms. The molecule has 0 saturated carbocycles. The third kappa shape index (κ3) is 3.61. The Balaban J connectivity index is 2.60. The lowest BCUT2D eigenvalue weighted by molar-refractivity contribution is 0.187. The van der Waals surface area contributed by atoms with E-state index < -0.39 is 0 Å². The first kappa shape index (κ1) is 13.2. The molecule has 0 saturated heterocycles. The van der Waals surface area contributed by atoms with Crippen LogP contribution in [0, 0.1) is 0 Å². The summed E-state index contributed by atoms with van der Waals surface area (Å²) in [5, 5.41) is 4.51. The average Bonchev–Trinajstić information content (AvgIpc) is 2.68. The zero-order valence-electron chi connectivity index (χ0n) is 10.6. The molecule has 4 nitrogen and oxygen atoms in total. The second-order valence-electron chi connectivity index (χ2n) is 4.04. The molecule has 0 amide bonds. The van der Waals surface area contributed by atoms with Crippen molar-refractivity contribution in [1.82, 2.24) is 9.78 Å². The average molecular weight is 225 g/mol. The highest BCUT2D eigenvalue weighted by Gasteiger charge is 2.10. The minimum absolute atomic E-state index is 0.159. The summed E-state index contributed by atoms with van der Waals surface area (Å²) >= 11 is 0. The maximum Gasteiger partial charge on any atom is 0.0624 e. The molecular weight excluding hydrogens is 202 g/mol. The van der Waals surface area contributed by atoms with Gasteiger partial charge in [-0.15, -0.1) is 0 Å². The fraction of sp³-hybridized carbons (Fsp3) is 0.750. The predicted molar refractivity (Wildman–Crippen MR) is 65.5 cm³/mol. The van der Waals surface area contributed by atoms with Gasteiger partial charge in [-0.1, -0.05) is 6.92 Å². The van der Waals surface area contributed by atoms with Crippen LogP contribution in [0.15, 0.2) is 6.07 Å². The Kier molecular flexibility index (Phi) is 5.49. The summed E-state index contributed by atoms with van der Waals surface area (Å²) in [6.45, 7) is 5.86. The minimum atomic E-state index is 0.159. The van der Waals surface area contributed by atoms with Crippen LogP contribution in [0.1, 0.15) is 31.7 Å².